The molecule has 2 aromatic heterocycles. The van der Waals surface area contributed by atoms with Crippen LogP contribution in [-0.4, -0.2) is 46.2 Å². The van der Waals surface area contributed by atoms with Crippen molar-refractivity contribution in [3.05, 3.63) is 48.2 Å². The van der Waals surface area contributed by atoms with Gasteiger partial charge in [0.1, 0.15) is 16.9 Å². The first-order valence-corrected chi connectivity index (χ1v) is 8.83. The van der Waals surface area contributed by atoms with Crippen LogP contribution in [0.5, 0.6) is 0 Å². The number of fused-ring (bicyclic) bond motifs is 1. The molecule has 1 fully saturated rings. The lowest BCUT2D eigenvalue weighted by atomic mass is 9.96. The van der Waals surface area contributed by atoms with E-state index in [1.807, 2.05) is 43.4 Å². The van der Waals surface area contributed by atoms with Crippen LogP contribution in [0.1, 0.15) is 18.4 Å². The van der Waals surface area contributed by atoms with Gasteiger partial charge < -0.3 is 9.80 Å². The second-order valence-electron chi connectivity index (χ2n) is 6.75. The van der Waals surface area contributed by atoms with E-state index in [4.69, 9.17) is 4.63 Å². The van der Waals surface area contributed by atoms with Crippen molar-refractivity contribution >= 4 is 22.8 Å². The van der Waals surface area contributed by atoms with E-state index >= 15 is 0 Å². The first-order valence-electron chi connectivity index (χ1n) is 8.83. The summed E-state index contributed by atoms with van der Waals surface area (Å²) < 4.78 is 4.73. The van der Waals surface area contributed by atoms with Gasteiger partial charge in [-0.1, -0.05) is 12.1 Å². The minimum atomic E-state index is -0.00629. The van der Waals surface area contributed by atoms with Crippen molar-refractivity contribution in [2.45, 2.75) is 19.4 Å². The van der Waals surface area contributed by atoms with Gasteiger partial charge >= 0.3 is 0 Å². The summed E-state index contributed by atoms with van der Waals surface area (Å²) in [5, 5.41) is 7.67. The molecular formula is C19H21N5O2. The summed E-state index contributed by atoms with van der Waals surface area (Å²) in [5.74, 6) is 1.11. The monoisotopic (exact) mass is 351 g/mol. The van der Waals surface area contributed by atoms with Crippen LogP contribution in [0.25, 0.3) is 11.0 Å². The molecule has 0 N–H and O–H groups in total. The molecule has 7 nitrogen and oxygen atoms in total. The van der Waals surface area contributed by atoms with Crippen LogP contribution in [0.2, 0.25) is 0 Å². The Morgan fingerprint density at radius 3 is 3.00 bits per heavy atom. The number of nitrogens with zero attached hydrogens (tertiary/aromatic N) is 5. The van der Waals surface area contributed by atoms with Crippen LogP contribution >= 0.6 is 0 Å². The van der Waals surface area contributed by atoms with Crippen LogP contribution in [0, 0.1) is 5.92 Å². The number of carbonyl (C=O) groups is 1. The Balaban J connectivity index is 1.42. The highest BCUT2D eigenvalue weighted by molar-refractivity contribution is 5.80. The van der Waals surface area contributed by atoms with Gasteiger partial charge in [-0.05, 0) is 53.0 Å². The van der Waals surface area contributed by atoms with E-state index in [-0.39, 0.29) is 11.8 Å². The lowest BCUT2D eigenvalue weighted by Crippen LogP contribution is -2.43. The Labute approximate surface area is 151 Å². The topological polar surface area (TPSA) is 75.4 Å². The largest absolute Gasteiger partial charge is 0.356 e. The first kappa shape index (κ1) is 16.5. The molecule has 4 rings (SSSR count). The standard InChI is InChI=1S/C19H21N5O2/c1-23(12-14-7-8-16-17(11-14)22-26-21-16)19(25)15-5-4-10-24(13-15)18-6-2-3-9-20-18/h2-3,6-9,11,15H,4-5,10,12-13H2,1H3/t15-/m0/s1. The van der Waals surface area contributed by atoms with Crippen molar-refractivity contribution < 1.29 is 9.42 Å². The second kappa shape index (κ2) is 7.11. The van der Waals surface area contributed by atoms with Crippen molar-refractivity contribution in [3.8, 4) is 0 Å². The quantitative estimate of drug-likeness (QED) is 0.719. The number of hydrogen-bond donors (Lipinski definition) is 0. The molecule has 7 heteroatoms. The highest BCUT2D eigenvalue weighted by Gasteiger charge is 2.28. The van der Waals surface area contributed by atoms with Gasteiger partial charge in [-0.25, -0.2) is 9.61 Å². The predicted molar refractivity (Wildman–Crippen MR) is 97.5 cm³/mol. The van der Waals surface area contributed by atoms with E-state index < -0.39 is 0 Å². The number of pyridine rings is 1. The van der Waals surface area contributed by atoms with E-state index in [9.17, 15) is 4.79 Å². The van der Waals surface area contributed by atoms with Crippen molar-refractivity contribution in [2.75, 3.05) is 25.0 Å². The van der Waals surface area contributed by atoms with Crippen molar-refractivity contribution in [3.63, 3.8) is 0 Å². The zero-order chi connectivity index (χ0) is 17.9. The zero-order valence-electron chi connectivity index (χ0n) is 14.7. The maximum Gasteiger partial charge on any atom is 0.227 e. The molecule has 0 saturated carbocycles. The molecule has 134 valence electrons. The van der Waals surface area contributed by atoms with E-state index in [0.29, 0.717) is 18.6 Å². The van der Waals surface area contributed by atoms with Gasteiger partial charge in [-0.3, -0.25) is 4.79 Å². The summed E-state index contributed by atoms with van der Waals surface area (Å²) >= 11 is 0. The summed E-state index contributed by atoms with van der Waals surface area (Å²) in [5.41, 5.74) is 2.45. The number of hydrogen-bond acceptors (Lipinski definition) is 6. The number of rotatable bonds is 4. The molecule has 1 atom stereocenters. The molecule has 0 radical (unpaired) electrons. The Morgan fingerprint density at radius 1 is 1.27 bits per heavy atom. The van der Waals surface area contributed by atoms with Gasteiger partial charge in [0.05, 0.1) is 5.92 Å². The Kier molecular flexibility index (Phi) is 4.51. The average Bonchev–Trinajstić information content (AvgIpc) is 3.16. The van der Waals surface area contributed by atoms with Crippen molar-refractivity contribution in [1.82, 2.24) is 20.2 Å². The van der Waals surface area contributed by atoms with Crippen LogP contribution in [0.3, 0.4) is 0 Å². The normalized spacial score (nSPS) is 17.4. The molecule has 1 saturated heterocycles. The van der Waals surface area contributed by atoms with E-state index in [0.717, 1.165) is 36.3 Å². The van der Waals surface area contributed by atoms with Crippen LogP contribution in [0.4, 0.5) is 5.82 Å². The molecule has 0 spiro atoms. The molecule has 1 aliphatic heterocycles. The minimum Gasteiger partial charge on any atom is -0.356 e. The molecule has 1 aliphatic rings. The molecular weight excluding hydrogens is 330 g/mol. The van der Waals surface area contributed by atoms with Gasteiger partial charge in [0, 0.05) is 32.9 Å². The Hall–Kier alpha value is -2.96. The third-order valence-electron chi connectivity index (χ3n) is 4.86. The molecule has 0 bridgehead atoms. The molecule has 1 amide bonds. The smallest absolute Gasteiger partial charge is 0.227 e. The summed E-state index contributed by atoms with van der Waals surface area (Å²) in [4.78, 5) is 21.3. The first-order chi connectivity index (χ1) is 12.7. The fraction of sp³-hybridized carbons (Fsp3) is 0.368. The number of amides is 1. The lowest BCUT2D eigenvalue weighted by molar-refractivity contribution is -0.135. The Bertz CT molecular complexity index is 895. The summed E-state index contributed by atoms with van der Waals surface area (Å²) in [6.07, 6.45) is 3.71. The number of piperidine rings is 1. The maximum atomic E-state index is 12.9. The number of anilines is 1. The molecule has 0 unspecified atom stereocenters. The third-order valence-corrected chi connectivity index (χ3v) is 4.86. The van der Waals surface area contributed by atoms with Crippen molar-refractivity contribution in [1.29, 1.82) is 0 Å². The summed E-state index contributed by atoms with van der Waals surface area (Å²) in [6, 6.07) is 11.6. The van der Waals surface area contributed by atoms with Gasteiger partial charge in [0.25, 0.3) is 0 Å². The third kappa shape index (κ3) is 3.37. The van der Waals surface area contributed by atoms with Gasteiger partial charge in [-0.15, -0.1) is 0 Å². The van der Waals surface area contributed by atoms with Crippen LogP contribution < -0.4 is 4.90 Å². The fourth-order valence-electron chi connectivity index (χ4n) is 3.52. The highest BCUT2D eigenvalue weighted by Crippen LogP contribution is 2.23. The van der Waals surface area contributed by atoms with Gasteiger partial charge in [0.15, 0.2) is 0 Å². The molecule has 3 aromatic rings. The van der Waals surface area contributed by atoms with E-state index in [2.05, 4.69) is 20.2 Å². The second-order valence-corrected chi connectivity index (χ2v) is 6.75. The molecule has 0 aliphatic carbocycles. The van der Waals surface area contributed by atoms with Crippen molar-refractivity contribution in [2.24, 2.45) is 5.92 Å². The van der Waals surface area contributed by atoms with Crippen LogP contribution in [-0.2, 0) is 11.3 Å². The summed E-state index contributed by atoms with van der Waals surface area (Å²) in [7, 11) is 1.85. The minimum absolute atomic E-state index is 0.00629. The summed E-state index contributed by atoms with van der Waals surface area (Å²) in [6.45, 7) is 2.20. The molecule has 26 heavy (non-hydrogen) atoms. The van der Waals surface area contributed by atoms with Crippen LogP contribution in [0.15, 0.2) is 47.2 Å². The number of benzene rings is 1. The number of aromatic nitrogens is 3. The zero-order valence-corrected chi connectivity index (χ0v) is 14.7. The SMILES string of the molecule is CN(Cc1ccc2nonc2c1)C(=O)[C@H]1CCCN(c2ccccn2)C1. The predicted octanol–water partition coefficient (Wildman–Crippen LogP) is 2.49. The van der Waals surface area contributed by atoms with E-state index in [1.165, 1.54) is 0 Å². The lowest BCUT2D eigenvalue weighted by Gasteiger charge is -2.34. The fourth-order valence-corrected chi connectivity index (χ4v) is 3.52. The van der Waals surface area contributed by atoms with Gasteiger partial charge in [0.2, 0.25) is 5.91 Å². The molecule has 1 aromatic carbocycles. The average molecular weight is 351 g/mol. The number of carbonyl (C=O) groups excluding carboxylic acids is 1. The van der Waals surface area contributed by atoms with Gasteiger partial charge in [-0.2, -0.15) is 0 Å². The van der Waals surface area contributed by atoms with E-state index in [1.54, 1.807) is 11.1 Å². The molecule has 3 heterocycles. The Morgan fingerprint density at radius 2 is 2.15 bits per heavy atom. The maximum absolute atomic E-state index is 12.9. The highest BCUT2D eigenvalue weighted by atomic mass is 16.6.